The Labute approximate surface area is 135 Å². The van der Waals surface area contributed by atoms with Crippen molar-refractivity contribution >= 4 is 6.03 Å². The third-order valence-corrected chi connectivity index (χ3v) is 4.27. The number of nitrogens with one attached hydrogen (secondary N) is 2. The molecular formula is C18H22N2O3. The fourth-order valence-electron chi connectivity index (χ4n) is 3.00. The number of aliphatic hydroxyl groups is 1. The molecule has 0 bridgehead atoms. The first-order chi connectivity index (χ1) is 11.2. The Morgan fingerprint density at radius 2 is 1.83 bits per heavy atom. The van der Waals surface area contributed by atoms with Crippen LogP contribution in [0, 0.1) is 0 Å². The van der Waals surface area contributed by atoms with E-state index in [1.54, 1.807) is 6.26 Å². The molecular weight excluding hydrogens is 292 g/mol. The number of urea groups is 1. The normalized spacial score (nSPS) is 22.3. The molecule has 1 saturated carbocycles. The zero-order valence-electron chi connectivity index (χ0n) is 12.9. The molecule has 0 spiro atoms. The molecule has 1 aromatic heterocycles. The summed E-state index contributed by atoms with van der Waals surface area (Å²) in [5.74, 6) is 0.699. The van der Waals surface area contributed by atoms with Gasteiger partial charge in [-0.3, -0.25) is 0 Å². The summed E-state index contributed by atoms with van der Waals surface area (Å²) in [5.41, 5.74) is 0.969. The number of rotatable bonds is 4. The molecule has 3 rings (SSSR count). The molecule has 1 aromatic carbocycles. The smallest absolute Gasteiger partial charge is 0.315 e. The Hall–Kier alpha value is -2.27. The van der Waals surface area contributed by atoms with Crippen molar-refractivity contribution in [3.63, 3.8) is 0 Å². The number of amides is 2. The molecule has 0 saturated heterocycles. The second-order valence-electron chi connectivity index (χ2n) is 5.98. The first kappa shape index (κ1) is 15.6. The molecule has 1 heterocycles. The van der Waals surface area contributed by atoms with Crippen LogP contribution >= 0.6 is 0 Å². The van der Waals surface area contributed by atoms with Gasteiger partial charge in [-0.2, -0.15) is 0 Å². The van der Waals surface area contributed by atoms with Gasteiger partial charge in [0.1, 0.15) is 11.8 Å². The molecule has 5 heteroatoms. The summed E-state index contributed by atoms with van der Waals surface area (Å²) < 4.78 is 5.48. The van der Waals surface area contributed by atoms with E-state index in [2.05, 4.69) is 10.6 Å². The lowest BCUT2D eigenvalue weighted by Gasteiger charge is -2.27. The summed E-state index contributed by atoms with van der Waals surface area (Å²) in [5, 5.41) is 15.5. The summed E-state index contributed by atoms with van der Waals surface area (Å²) in [7, 11) is 0. The standard InChI is InChI=1S/C18H22N2O3/c21-15-10-8-14(9-11-15)19-18(22)20-17(16-7-4-12-23-16)13-5-2-1-3-6-13/h1-7,12,14-15,17,21H,8-11H2,(H2,19,20,22). The first-order valence-corrected chi connectivity index (χ1v) is 8.06. The van der Waals surface area contributed by atoms with Crippen LogP contribution < -0.4 is 10.6 Å². The largest absolute Gasteiger partial charge is 0.467 e. The van der Waals surface area contributed by atoms with Gasteiger partial charge in [0.05, 0.1) is 12.4 Å². The molecule has 3 N–H and O–H groups in total. The van der Waals surface area contributed by atoms with Crippen LogP contribution in [-0.4, -0.2) is 23.3 Å². The van der Waals surface area contributed by atoms with Crippen LogP contribution in [0.4, 0.5) is 4.79 Å². The minimum atomic E-state index is -0.319. The van der Waals surface area contributed by atoms with E-state index in [0.717, 1.165) is 31.2 Å². The van der Waals surface area contributed by atoms with Gasteiger partial charge in [-0.05, 0) is 43.4 Å². The third kappa shape index (κ3) is 4.13. The van der Waals surface area contributed by atoms with Gasteiger partial charge in [-0.15, -0.1) is 0 Å². The van der Waals surface area contributed by atoms with Crippen LogP contribution in [-0.2, 0) is 0 Å². The van der Waals surface area contributed by atoms with E-state index in [-0.39, 0.29) is 24.2 Å². The summed E-state index contributed by atoms with van der Waals surface area (Å²) in [6.45, 7) is 0. The zero-order chi connectivity index (χ0) is 16.1. The molecule has 1 aliphatic carbocycles. The van der Waals surface area contributed by atoms with Gasteiger partial charge in [-0.1, -0.05) is 30.3 Å². The van der Waals surface area contributed by atoms with E-state index >= 15 is 0 Å². The zero-order valence-corrected chi connectivity index (χ0v) is 12.9. The molecule has 5 nitrogen and oxygen atoms in total. The van der Waals surface area contributed by atoms with Crippen molar-refractivity contribution in [2.45, 2.75) is 43.9 Å². The highest BCUT2D eigenvalue weighted by Gasteiger charge is 2.23. The quantitative estimate of drug-likeness (QED) is 0.812. The van der Waals surface area contributed by atoms with Crippen molar-refractivity contribution in [1.29, 1.82) is 0 Å². The summed E-state index contributed by atoms with van der Waals surface area (Å²) in [4.78, 5) is 12.3. The lowest BCUT2D eigenvalue weighted by atomic mass is 9.93. The predicted molar refractivity (Wildman–Crippen MR) is 86.9 cm³/mol. The second kappa shape index (κ2) is 7.33. The Kier molecular flexibility index (Phi) is 4.98. The predicted octanol–water partition coefficient (Wildman–Crippen LogP) is 2.97. The average Bonchev–Trinajstić information content (AvgIpc) is 3.10. The highest BCUT2D eigenvalue weighted by Crippen LogP contribution is 2.23. The first-order valence-electron chi connectivity index (χ1n) is 8.06. The van der Waals surface area contributed by atoms with Crippen LogP contribution in [0.1, 0.15) is 43.0 Å². The monoisotopic (exact) mass is 314 g/mol. The Morgan fingerprint density at radius 1 is 1.09 bits per heavy atom. The van der Waals surface area contributed by atoms with Gasteiger partial charge in [0.2, 0.25) is 0 Å². The Bertz CT molecular complexity index is 604. The Balaban J connectivity index is 1.65. The SMILES string of the molecule is O=C(NC1CCC(O)CC1)NC(c1ccccc1)c1ccco1. The number of benzene rings is 1. The van der Waals surface area contributed by atoms with E-state index in [1.165, 1.54) is 0 Å². The number of hydrogen-bond donors (Lipinski definition) is 3. The summed E-state index contributed by atoms with van der Waals surface area (Å²) in [6.07, 6.45) is 4.48. The molecule has 122 valence electrons. The molecule has 1 fully saturated rings. The Morgan fingerprint density at radius 3 is 2.48 bits per heavy atom. The fraction of sp³-hybridized carbons (Fsp3) is 0.389. The van der Waals surface area contributed by atoms with Crippen molar-refractivity contribution < 1.29 is 14.3 Å². The van der Waals surface area contributed by atoms with Crippen molar-refractivity contribution in [3.05, 3.63) is 60.1 Å². The van der Waals surface area contributed by atoms with E-state index < -0.39 is 0 Å². The van der Waals surface area contributed by atoms with Gasteiger partial charge < -0.3 is 20.2 Å². The number of carbonyl (C=O) groups is 1. The lowest BCUT2D eigenvalue weighted by Crippen LogP contribution is -2.45. The minimum Gasteiger partial charge on any atom is -0.467 e. The lowest BCUT2D eigenvalue weighted by molar-refractivity contribution is 0.117. The maximum atomic E-state index is 12.3. The third-order valence-electron chi connectivity index (χ3n) is 4.27. The molecule has 0 radical (unpaired) electrons. The fourth-order valence-corrected chi connectivity index (χ4v) is 3.00. The average molecular weight is 314 g/mol. The van der Waals surface area contributed by atoms with Crippen LogP contribution in [0.15, 0.2) is 53.1 Å². The molecule has 1 unspecified atom stereocenters. The van der Waals surface area contributed by atoms with Gasteiger partial charge in [0.15, 0.2) is 0 Å². The maximum Gasteiger partial charge on any atom is 0.315 e. The van der Waals surface area contributed by atoms with E-state index in [1.807, 2.05) is 42.5 Å². The number of aliphatic hydroxyl groups excluding tert-OH is 1. The van der Waals surface area contributed by atoms with Crippen LogP contribution in [0.5, 0.6) is 0 Å². The molecule has 1 aliphatic rings. The summed E-state index contributed by atoms with van der Waals surface area (Å²) >= 11 is 0. The van der Waals surface area contributed by atoms with Crippen LogP contribution in [0.3, 0.4) is 0 Å². The van der Waals surface area contributed by atoms with Gasteiger partial charge >= 0.3 is 6.03 Å². The van der Waals surface area contributed by atoms with Crippen LogP contribution in [0.2, 0.25) is 0 Å². The highest BCUT2D eigenvalue weighted by molar-refractivity contribution is 5.75. The van der Waals surface area contributed by atoms with Crippen molar-refractivity contribution in [2.24, 2.45) is 0 Å². The van der Waals surface area contributed by atoms with Gasteiger partial charge in [0.25, 0.3) is 0 Å². The van der Waals surface area contributed by atoms with Crippen molar-refractivity contribution in [2.75, 3.05) is 0 Å². The molecule has 2 amide bonds. The topological polar surface area (TPSA) is 74.5 Å². The molecule has 0 aliphatic heterocycles. The van der Waals surface area contributed by atoms with Gasteiger partial charge in [0, 0.05) is 6.04 Å². The number of furan rings is 1. The molecule has 2 aromatic rings. The summed E-state index contributed by atoms with van der Waals surface area (Å²) in [6, 6.07) is 13.0. The van der Waals surface area contributed by atoms with Gasteiger partial charge in [-0.25, -0.2) is 4.79 Å². The second-order valence-corrected chi connectivity index (χ2v) is 5.98. The van der Waals surface area contributed by atoms with Crippen molar-refractivity contribution in [1.82, 2.24) is 10.6 Å². The molecule has 1 atom stereocenters. The van der Waals surface area contributed by atoms with E-state index in [9.17, 15) is 9.90 Å². The van der Waals surface area contributed by atoms with Crippen LogP contribution in [0.25, 0.3) is 0 Å². The minimum absolute atomic E-state index is 0.117. The molecule has 23 heavy (non-hydrogen) atoms. The maximum absolute atomic E-state index is 12.3. The number of hydrogen-bond acceptors (Lipinski definition) is 3. The van der Waals surface area contributed by atoms with E-state index in [4.69, 9.17) is 4.42 Å². The van der Waals surface area contributed by atoms with Crippen molar-refractivity contribution in [3.8, 4) is 0 Å². The highest BCUT2D eigenvalue weighted by atomic mass is 16.3. The van der Waals surface area contributed by atoms with E-state index in [0.29, 0.717) is 5.76 Å². The number of carbonyl (C=O) groups excluding carboxylic acids is 1.